The van der Waals surface area contributed by atoms with Crippen LogP contribution in [0.4, 0.5) is 26.3 Å². The number of nitrogens with one attached hydrogen (secondary N) is 1. The average Bonchev–Trinajstić information content (AvgIpc) is 2.67. The lowest BCUT2D eigenvalue weighted by Gasteiger charge is -2.12. The van der Waals surface area contributed by atoms with Gasteiger partial charge in [-0.3, -0.25) is 9.89 Å². The van der Waals surface area contributed by atoms with Gasteiger partial charge in [0.05, 0.1) is 0 Å². The number of alkyl halides is 6. The summed E-state index contributed by atoms with van der Waals surface area (Å²) in [6.07, 6.45) is -8.83. The molecule has 0 atom stereocenters. The number of hydrogen-bond acceptors (Lipinski definition) is 3. The van der Waals surface area contributed by atoms with Crippen LogP contribution >= 0.6 is 0 Å². The van der Waals surface area contributed by atoms with E-state index in [1.807, 2.05) is 0 Å². The lowest BCUT2D eigenvalue weighted by atomic mass is 10.2. The number of nitrogens with zero attached hydrogens (tertiary/aromatic N) is 3. The van der Waals surface area contributed by atoms with Gasteiger partial charge in [-0.1, -0.05) is 0 Å². The van der Waals surface area contributed by atoms with E-state index in [1.165, 1.54) is 11.2 Å². The molecule has 20 heavy (non-hydrogen) atoms. The van der Waals surface area contributed by atoms with Gasteiger partial charge in [-0.25, -0.2) is 14.6 Å². The molecule has 11 heteroatoms. The molecule has 2 aromatic rings. The quantitative estimate of drug-likeness (QED) is 0.819. The van der Waals surface area contributed by atoms with Crippen molar-refractivity contribution in [3.63, 3.8) is 0 Å². The minimum atomic E-state index is -5.46. The summed E-state index contributed by atoms with van der Waals surface area (Å²) in [5, 5.41) is 1.44. The Labute approximate surface area is 105 Å². The van der Waals surface area contributed by atoms with Gasteiger partial charge in [-0.15, -0.1) is 0 Å². The second kappa shape index (κ2) is 4.35. The molecule has 2 heterocycles. The summed E-state index contributed by atoms with van der Waals surface area (Å²) >= 11 is 0. The normalized spacial score (nSPS) is 12.7. The molecule has 0 fully saturated rings. The molecule has 2 aromatic heterocycles. The Bertz CT molecular complexity index is 668. The highest BCUT2D eigenvalue weighted by molar-refractivity contribution is 5.29. The molecule has 0 bridgehead atoms. The third-order valence-electron chi connectivity index (χ3n) is 2.20. The van der Waals surface area contributed by atoms with Gasteiger partial charge in [-0.05, 0) is 6.07 Å². The van der Waals surface area contributed by atoms with Crippen LogP contribution in [0.3, 0.4) is 0 Å². The largest absolute Gasteiger partial charge is 0.434 e. The first-order valence-electron chi connectivity index (χ1n) is 4.89. The maximum Gasteiger partial charge on any atom is 0.434 e. The third-order valence-corrected chi connectivity index (χ3v) is 2.20. The van der Waals surface area contributed by atoms with Gasteiger partial charge in [0.2, 0.25) is 5.95 Å². The summed E-state index contributed by atoms with van der Waals surface area (Å²) in [4.78, 5) is 17.9. The van der Waals surface area contributed by atoms with Crippen LogP contribution in [0.15, 0.2) is 23.3 Å². The van der Waals surface area contributed by atoms with Crippen LogP contribution in [0, 0.1) is 0 Å². The van der Waals surface area contributed by atoms with Crippen LogP contribution in [0.25, 0.3) is 5.95 Å². The Kier molecular flexibility index (Phi) is 3.07. The van der Waals surface area contributed by atoms with Gasteiger partial charge < -0.3 is 0 Å². The summed E-state index contributed by atoms with van der Waals surface area (Å²) < 4.78 is 76.1. The minimum absolute atomic E-state index is 0.134. The highest BCUT2D eigenvalue weighted by Gasteiger charge is 2.49. The molecule has 0 aliphatic heterocycles. The lowest BCUT2D eigenvalue weighted by Crippen LogP contribution is -2.22. The summed E-state index contributed by atoms with van der Waals surface area (Å²) in [6, 6.07) is 1.25. The second-order valence-corrected chi connectivity index (χ2v) is 3.54. The summed E-state index contributed by atoms with van der Waals surface area (Å²) in [7, 11) is 0. The number of halogens is 6. The molecule has 0 spiro atoms. The molecule has 0 amide bonds. The van der Waals surface area contributed by atoms with E-state index < -0.39 is 35.1 Å². The summed E-state index contributed by atoms with van der Waals surface area (Å²) in [5.74, 6) is -0.729. The Hall–Kier alpha value is -2.33. The second-order valence-electron chi connectivity index (χ2n) is 3.54. The van der Waals surface area contributed by atoms with Crippen LogP contribution in [0.1, 0.15) is 11.3 Å². The molecule has 0 radical (unpaired) electrons. The molecular weight excluding hydrogens is 294 g/mol. The molecule has 2 rings (SSSR count). The lowest BCUT2D eigenvalue weighted by molar-refractivity contribution is -0.165. The standard InChI is InChI=1S/C9H4F6N4O/c10-8(11,12)4-5(9(13,14)15)19(18-6(4)20)7-16-2-1-3-17-7/h1-3H,(H,18,20). The van der Waals surface area contributed by atoms with Gasteiger partial charge >= 0.3 is 12.4 Å². The van der Waals surface area contributed by atoms with Crippen LogP contribution in [-0.4, -0.2) is 19.7 Å². The van der Waals surface area contributed by atoms with E-state index in [9.17, 15) is 31.1 Å². The molecule has 0 aliphatic carbocycles. The van der Waals surface area contributed by atoms with Crippen molar-refractivity contribution in [2.45, 2.75) is 12.4 Å². The van der Waals surface area contributed by atoms with E-state index in [0.717, 1.165) is 12.4 Å². The molecule has 0 saturated carbocycles. The predicted molar refractivity (Wildman–Crippen MR) is 52.0 cm³/mol. The third kappa shape index (κ3) is 2.38. The first-order chi connectivity index (χ1) is 9.12. The monoisotopic (exact) mass is 298 g/mol. The van der Waals surface area contributed by atoms with Crippen molar-refractivity contribution in [3.05, 3.63) is 40.1 Å². The number of rotatable bonds is 1. The number of hydrogen-bond donors (Lipinski definition) is 1. The van der Waals surface area contributed by atoms with Gasteiger partial charge in [0.15, 0.2) is 11.3 Å². The summed E-state index contributed by atoms with van der Waals surface area (Å²) in [6.45, 7) is 0. The molecule has 0 aromatic carbocycles. The zero-order valence-corrected chi connectivity index (χ0v) is 9.25. The number of aromatic nitrogens is 4. The van der Waals surface area contributed by atoms with Crippen LogP contribution in [-0.2, 0) is 12.4 Å². The topological polar surface area (TPSA) is 63.6 Å². The fraction of sp³-hybridized carbons (Fsp3) is 0.222. The van der Waals surface area contributed by atoms with E-state index in [4.69, 9.17) is 0 Å². The fourth-order valence-corrected chi connectivity index (χ4v) is 1.52. The maximum atomic E-state index is 12.8. The fourth-order valence-electron chi connectivity index (χ4n) is 1.52. The van der Waals surface area contributed by atoms with Crippen molar-refractivity contribution in [1.29, 1.82) is 0 Å². The SMILES string of the molecule is O=c1[nH]n(-c2ncccn2)c(C(F)(F)F)c1C(F)(F)F. The molecule has 0 saturated heterocycles. The van der Waals surface area contributed by atoms with Crippen molar-refractivity contribution in [2.24, 2.45) is 0 Å². The zero-order chi connectivity index (χ0) is 15.1. The van der Waals surface area contributed by atoms with Gasteiger partial charge in [0, 0.05) is 12.4 Å². The molecule has 5 nitrogen and oxygen atoms in total. The Morgan fingerprint density at radius 3 is 2.00 bits per heavy atom. The molecule has 1 N–H and O–H groups in total. The van der Waals surface area contributed by atoms with E-state index in [2.05, 4.69) is 9.97 Å². The van der Waals surface area contributed by atoms with Crippen LogP contribution < -0.4 is 5.56 Å². The summed E-state index contributed by atoms with van der Waals surface area (Å²) in [5.41, 5.74) is -6.45. The average molecular weight is 298 g/mol. The van der Waals surface area contributed by atoms with Crippen molar-refractivity contribution in [2.75, 3.05) is 0 Å². The molecular formula is C9H4F6N4O. The Morgan fingerprint density at radius 1 is 1.00 bits per heavy atom. The van der Waals surface area contributed by atoms with Crippen LogP contribution in [0.2, 0.25) is 0 Å². The number of H-pyrrole nitrogens is 1. The zero-order valence-electron chi connectivity index (χ0n) is 9.25. The predicted octanol–water partition coefficient (Wildman–Crippen LogP) is 1.99. The maximum absolute atomic E-state index is 12.8. The van der Waals surface area contributed by atoms with Gasteiger partial charge in [-0.2, -0.15) is 26.3 Å². The van der Waals surface area contributed by atoms with Crippen molar-refractivity contribution in [3.8, 4) is 5.95 Å². The molecule has 0 unspecified atom stereocenters. The highest BCUT2D eigenvalue weighted by atomic mass is 19.4. The van der Waals surface area contributed by atoms with Crippen molar-refractivity contribution < 1.29 is 26.3 Å². The van der Waals surface area contributed by atoms with E-state index >= 15 is 0 Å². The molecule has 108 valence electrons. The smallest absolute Gasteiger partial charge is 0.267 e. The van der Waals surface area contributed by atoms with E-state index in [-0.39, 0.29) is 4.68 Å². The number of aromatic amines is 1. The van der Waals surface area contributed by atoms with E-state index in [0.29, 0.717) is 0 Å². The van der Waals surface area contributed by atoms with Gasteiger partial charge in [0.25, 0.3) is 5.56 Å². The minimum Gasteiger partial charge on any atom is -0.267 e. The molecule has 0 aliphatic rings. The first kappa shape index (κ1) is 14.1. The Balaban J connectivity index is 2.82. The van der Waals surface area contributed by atoms with E-state index in [1.54, 1.807) is 0 Å². The highest BCUT2D eigenvalue weighted by Crippen LogP contribution is 2.38. The van der Waals surface area contributed by atoms with Crippen LogP contribution in [0.5, 0.6) is 0 Å². The van der Waals surface area contributed by atoms with Crippen molar-refractivity contribution in [1.82, 2.24) is 19.7 Å². The Morgan fingerprint density at radius 2 is 1.55 bits per heavy atom. The first-order valence-corrected chi connectivity index (χ1v) is 4.89. The van der Waals surface area contributed by atoms with Gasteiger partial charge in [0.1, 0.15) is 0 Å². The van der Waals surface area contributed by atoms with Crippen molar-refractivity contribution >= 4 is 0 Å².